The minimum Gasteiger partial charge on any atom is -0.661 e. The largest absolute Gasteiger partial charge is 3.00 e. The van der Waals surface area contributed by atoms with Gasteiger partial charge in [-0.25, -0.2) is 16.6 Å². The summed E-state index contributed by atoms with van der Waals surface area (Å²) in [4.78, 5) is 7.12. The summed E-state index contributed by atoms with van der Waals surface area (Å²) >= 11 is 1.83. The van der Waals surface area contributed by atoms with Crippen molar-refractivity contribution in [1.29, 1.82) is 5.26 Å². The fourth-order valence-corrected chi connectivity index (χ4v) is 10.4. The Morgan fingerprint density at radius 2 is 1.51 bits per heavy atom. The zero-order valence-electron chi connectivity index (χ0n) is 34.4. The van der Waals surface area contributed by atoms with Crippen LogP contribution in [0, 0.1) is 29.4 Å². The standard InChI is InChI=1S/C31H28N2S.C19H23N2Si.Ir/c1-19(2)22-11-9-12-23(20(3)4)30(22)33-27-14-7-6-13-26(27)32-31(33)21-16-17-29-25(18-21)24-10-5-8-15-28(24)34-29;1-14(2)10-17-11-18(21-13-19(17)22(3,4)5)16-8-6-15(12-20)7-9-16;/h5-15,17-20,31H,1-4H3;6-8,11,13-14H,10H2,1-5H3;/q-2;-1;+3. The molecule has 0 radical (unpaired) electrons. The molecule has 0 saturated carbocycles. The smallest absolute Gasteiger partial charge is 0.661 e. The van der Waals surface area contributed by atoms with E-state index in [9.17, 15) is 0 Å². The molecule has 57 heavy (non-hydrogen) atoms. The van der Waals surface area contributed by atoms with Gasteiger partial charge in [-0.05, 0) is 75.4 Å². The van der Waals surface area contributed by atoms with Gasteiger partial charge in [0.1, 0.15) is 0 Å². The van der Waals surface area contributed by atoms with Gasteiger partial charge in [-0.2, -0.15) is 23.8 Å². The molecule has 1 unspecified atom stereocenters. The maximum Gasteiger partial charge on any atom is 3.00 e. The number of hydrogen-bond acceptors (Lipinski definition) is 4. The molecular weight excluding hydrogens is 909 g/mol. The zero-order chi connectivity index (χ0) is 39.7. The van der Waals surface area contributed by atoms with Crippen molar-refractivity contribution < 1.29 is 20.1 Å². The Labute approximate surface area is 358 Å². The van der Waals surface area contributed by atoms with E-state index >= 15 is 0 Å². The maximum atomic E-state index is 8.89. The van der Waals surface area contributed by atoms with Crippen molar-refractivity contribution >= 4 is 61.8 Å². The second kappa shape index (κ2) is 17.5. The Morgan fingerprint density at radius 3 is 2.16 bits per heavy atom. The molecule has 290 valence electrons. The van der Waals surface area contributed by atoms with E-state index in [2.05, 4.69) is 180 Å². The number of thiophene rings is 1. The van der Waals surface area contributed by atoms with Gasteiger partial charge >= 0.3 is 20.1 Å². The van der Waals surface area contributed by atoms with Crippen LogP contribution in [0.3, 0.4) is 0 Å². The van der Waals surface area contributed by atoms with Crippen molar-refractivity contribution in [2.75, 3.05) is 4.90 Å². The van der Waals surface area contributed by atoms with Crippen LogP contribution < -0.4 is 10.1 Å². The van der Waals surface area contributed by atoms with Crippen LogP contribution in [0.15, 0.2) is 109 Å². The molecule has 0 bridgehead atoms. The number of pyridine rings is 1. The second-order valence-corrected chi connectivity index (χ2v) is 23.0. The van der Waals surface area contributed by atoms with Crippen molar-refractivity contribution in [3.8, 4) is 17.3 Å². The van der Waals surface area contributed by atoms with E-state index < -0.39 is 8.07 Å². The third kappa shape index (κ3) is 8.81. The van der Waals surface area contributed by atoms with Gasteiger partial charge in [0.25, 0.3) is 0 Å². The van der Waals surface area contributed by atoms with Gasteiger partial charge in [0.2, 0.25) is 0 Å². The summed E-state index contributed by atoms with van der Waals surface area (Å²) in [6, 6.07) is 45.1. The predicted molar refractivity (Wildman–Crippen MR) is 242 cm³/mol. The number of hydrogen-bond donors (Lipinski definition) is 0. The summed E-state index contributed by atoms with van der Waals surface area (Å²) in [6.45, 7) is 20.7. The molecule has 4 nitrogen and oxygen atoms in total. The summed E-state index contributed by atoms with van der Waals surface area (Å²) < 4.78 is 2.59. The van der Waals surface area contributed by atoms with Crippen LogP contribution in [-0.4, -0.2) is 13.1 Å². The van der Waals surface area contributed by atoms with Gasteiger partial charge < -0.3 is 15.2 Å². The topological polar surface area (TPSA) is 54.0 Å². The van der Waals surface area contributed by atoms with Crippen LogP contribution in [0.1, 0.15) is 87.4 Å². The van der Waals surface area contributed by atoms with E-state index in [4.69, 9.17) is 10.6 Å². The first-order chi connectivity index (χ1) is 26.8. The van der Waals surface area contributed by atoms with Gasteiger partial charge in [0.05, 0.1) is 8.07 Å². The van der Waals surface area contributed by atoms with E-state index in [0.29, 0.717) is 23.3 Å². The molecule has 1 aliphatic rings. The van der Waals surface area contributed by atoms with Crippen LogP contribution in [-0.2, 0) is 26.5 Å². The van der Waals surface area contributed by atoms with Crippen LogP contribution in [0.2, 0.25) is 19.6 Å². The number of benzene rings is 5. The fourth-order valence-electron chi connectivity index (χ4n) is 7.76. The molecule has 0 fully saturated rings. The zero-order valence-corrected chi connectivity index (χ0v) is 38.7. The Hall–Kier alpha value is -4.57. The number of aromatic nitrogens is 1. The molecule has 3 heterocycles. The summed E-state index contributed by atoms with van der Waals surface area (Å²) in [6.07, 6.45) is 2.99. The van der Waals surface area contributed by atoms with Gasteiger partial charge in [-0.15, -0.1) is 40.9 Å². The third-order valence-electron chi connectivity index (χ3n) is 10.5. The molecule has 8 rings (SSSR count). The minimum atomic E-state index is -1.40. The summed E-state index contributed by atoms with van der Waals surface area (Å²) in [5, 5.41) is 18.2. The normalized spacial score (nSPS) is 13.7. The molecule has 5 aromatic carbocycles. The molecule has 1 aliphatic heterocycles. The molecule has 7 heteroatoms. The summed E-state index contributed by atoms with van der Waals surface area (Å²) in [5.41, 5.74) is 11.3. The van der Waals surface area contributed by atoms with Crippen LogP contribution in [0.4, 0.5) is 17.1 Å². The first kappa shape index (κ1) is 42.0. The first-order valence-corrected chi connectivity index (χ1v) is 24.1. The number of nitriles is 1. The van der Waals surface area contributed by atoms with E-state index in [-0.39, 0.29) is 26.3 Å². The van der Waals surface area contributed by atoms with E-state index in [0.717, 1.165) is 28.9 Å². The Balaban J connectivity index is 0.000000208. The quantitative estimate of drug-likeness (QED) is 0.113. The SMILES string of the molecule is CC(C)Cc1cc(-c2[c-]cc(C#N)cc2)ncc1[Si](C)(C)C.CC(C)c1cccc(C(C)C)c1N1c2ccccc2[N-]C1c1[c-]cc2sc3ccccc3c2c1.[Ir+3]. The fraction of sp³-hybridized carbons (Fsp3) is 0.280. The monoisotopic (exact) mass is 960 g/mol. The average Bonchev–Trinajstić information content (AvgIpc) is 3.75. The number of anilines is 2. The minimum absolute atomic E-state index is 0. The molecular formula is C50H51IrN4SSi. The van der Waals surface area contributed by atoms with Crippen LogP contribution in [0.25, 0.3) is 36.7 Å². The molecule has 0 saturated heterocycles. The molecule has 7 aromatic rings. The third-order valence-corrected chi connectivity index (χ3v) is 13.7. The maximum absolute atomic E-state index is 8.89. The number of rotatable bonds is 8. The molecule has 0 amide bonds. The van der Waals surface area contributed by atoms with Crippen molar-refractivity contribution in [2.45, 2.75) is 85.6 Å². The molecule has 0 spiro atoms. The van der Waals surface area contributed by atoms with Crippen LogP contribution in [0.5, 0.6) is 0 Å². The van der Waals surface area contributed by atoms with Crippen molar-refractivity contribution in [3.05, 3.63) is 155 Å². The second-order valence-electron chi connectivity index (χ2n) is 16.9. The van der Waals surface area contributed by atoms with Crippen molar-refractivity contribution in [1.82, 2.24) is 4.98 Å². The van der Waals surface area contributed by atoms with E-state index in [1.54, 1.807) is 6.07 Å². The number of nitrogens with zero attached hydrogens (tertiary/aromatic N) is 4. The number of fused-ring (bicyclic) bond motifs is 4. The van der Waals surface area contributed by atoms with Gasteiger partial charge in [0.15, 0.2) is 0 Å². The van der Waals surface area contributed by atoms with Gasteiger partial charge in [0, 0.05) is 28.3 Å². The predicted octanol–water partition coefficient (Wildman–Crippen LogP) is 14.1. The summed E-state index contributed by atoms with van der Waals surface area (Å²) in [5.74, 6) is 1.44. The Morgan fingerprint density at radius 1 is 0.807 bits per heavy atom. The van der Waals surface area contributed by atoms with Crippen molar-refractivity contribution in [2.24, 2.45) is 5.92 Å². The molecule has 1 atom stereocenters. The molecule has 0 N–H and O–H groups in total. The van der Waals surface area contributed by atoms with Gasteiger partial charge in [-0.3, -0.25) is 0 Å². The average molecular weight is 960 g/mol. The van der Waals surface area contributed by atoms with E-state index in [1.165, 1.54) is 53.4 Å². The molecule has 0 aliphatic carbocycles. The van der Waals surface area contributed by atoms with Crippen molar-refractivity contribution in [3.63, 3.8) is 0 Å². The Kier molecular flexibility index (Phi) is 12.9. The Bertz CT molecular complexity index is 2520. The van der Waals surface area contributed by atoms with Crippen LogP contribution >= 0.6 is 11.3 Å². The summed E-state index contributed by atoms with van der Waals surface area (Å²) in [7, 11) is -1.40. The number of para-hydroxylation sites is 3. The van der Waals surface area contributed by atoms with Gasteiger partial charge in [-0.1, -0.05) is 132 Å². The first-order valence-electron chi connectivity index (χ1n) is 19.8. The molecule has 2 aromatic heterocycles. The van der Waals surface area contributed by atoms with E-state index in [1.807, 2.05) is 23.5 Å².